The Kier molecular flexibility index (Phi) is 50.5. The molecular weight excluding hydrogens is 1220 g/mol. The first-order chi connectivity index (χ1) is 42.2. The molecule has 9 unspecified atom stereocenters. The summed E-state index contributed by atoms with van der Waals surface area (Å²) >= 11 is 4.95. The number of amides is 4. The van der Waals surface area contributed by atoms with Crippen molar-refractivity contribution in [2.24, 2.45) is 0 Å². The summed E-state index contributed by atoms with van der Waals surface area (Å²) < 4.78 is 42.6. The van der Waals surface area contributed by atoms with Crippen molar-refractivity contribution in [3.8, 4) is 0 Å². The molecule has 0 aromatic carbocycles. The van der Waals surface area contributed by atoms with Crippen molar-refractivity contribution in [1.29, 1.82) is 0 Å². The number of carbonyl (C=O) groups is 8. The van der Waals surface area contributed by atoms with Crippen LogP contribution in [0, 0.1) is 0 Å². The number of aliphatic carboxylic acids is 2. The number of imide groups is 2. The summed E-state index contributed by atoms with van der Waals surface area (Å²) in [6.07, 6.45) is 0.0950. The predicted molar refractivity (Wildman–Crippen MR) is 313 cm³/mol. The summed E-state index contributed by atoms with van der Waals surface area (Å²) in [6, 6.07) is -1.32. The molecule has 0 aromatic heterocycles. The number of nitrogens with zero attached hydrogens (tertiary/aromatic N) is 2. The normalized spacial score (nSPS) is 16.9. The number of likely N-dealkylation sites (tertiary alicyclic amines) is 1. The Balaban J connectivity index is 0.00000155. The monoisotopic (exact) mass is 1310 g/mol. The summed E-state index contributed by atoms with van der Waals surface area (Å²) in [6.45, 7) is -4.67. The third kappa shape index (κ3) is 37.5. The Morgan fingerprint density at radius 1 is 0.511 bits per heavy atom. The van der Waals surface area contributed by atoms with Gasteiger partial charge in [0.1, 0.15) is 48.1 Å². The quantitative estimate of drug-likeness (QED) is 0.0118. The van der Waals surface area contributed by atoms with Crippen LogP contribution in [0.2, 0.25) is 0 Å². The minimum absolute atomic E-state index is 0.0121. The number of unbranched alkanes of at least 4 members (excludes halogenated alkanes) is 4. The molecule has 4 amide bonds. The zero-order valence-electron chi connectivity index (χ0n) is 50.1. The van der Waals surface area contributed by atoms with Gasteiger partial charge in [0.2, 0.25) is 11.8 Å². The van der Waals surface area contributed by atoms with Gasteiger partial charge < -0.3 is 110 Å². The second-order valence-electron chi connectivity index (χ2n) is 19.5. The van der Waals surface area contributed by atoms with E-state index in [0.29, 0.717) is 76.5 Å². The number of ether oxygens (including phenoxy) is 8. The molecule has 512 valence electrons. The van der Waals surface area contributed by atoms with Gasteiger partial charge in [-0.3, -0.25) is 48.2 Å². The summed E-state index contributed by atoms with van der Waals surface area (Å²) in [7, 11) is 3.11. The molecule has 0 bridgehead atoms. The molecule has 1 saturated heterocycles. The van der Waals surface area contributed by atoms with Crippen LogP contribution in [-0.2, 0) is 76.3 Å². The Morgan fingerprint density at radius 2 is 0.875 bits per heavy atom. The average molecular weight is 1310 g/mol. The first-order valence-corrected chi connectivity index (χ1v) is 30.5. The molecule has 9 atom stereocenters. The number of hydrogen-bond donors (Lipinski definition) is 15. The van der Waals surface area contributed by atoms with Crippen molar-refractivity contribution in [1.82, 2.24) is 20.4 Å². The number of carbonyl (C=O) groups excluding carboxylic acids is 6. The lowest BCUT2D eigenvalue weighted by atomic mass is 10.1. The topological polar surface area (TPSA) is 484 Å². The lowest BCUT2D eigenvalue weighted by Gasteiger charge is -2.25. The molecule has 0 saturated carbocycles. The van der Waals surface area contributed by atoms with E-state index in [0.717, 1.165) is 11.8 Å². The molecule has 0 aromatic rings. The van der Waals surface area contributed by atoms with E-state index in [1.54, 1.807) is 7.05 Å². The van der Waals surface area contributed by atoms with Crippen LogP contribution in [0.5, 0.6) is 0 Å². The maximum Gasteiger partial charge on any atom is 0.321 e. The average Bonchev–Trinajstić information content (AvgIpc) is 3.92. The number of carboxylic acid groups (broad SMARTS) is 2. The van der Waals surface area contributed by atoms with Crippen LogP contribution in [0.3, 0.4) is 0 Å². The number of thiol groups is 1. The summed E-state index contributed by atoms with van der Waals surface area (Å²) in [5.74, 6) is -2.52. The number of ketones is 2. The van der Waals surface area contributed by atoms with Gasteiger partial charge in [0, 0.05) is 68.9 Å². The standard InChI is InChI=1S/C27H48N2O14S.C23H39NO12.C4H9NO2S/c1-28-21(27(38)39)17-44-22-10-23(36)29(26(22)37)8-4-2-3-6-18(35)7-5-9-40-24(14-33)43-20(13-32)16-41-25(15-34)42-19(11-30)12-31;25-11-18(12-26)35-23(15-29)34-16-19(13-27)36-22(14-28)33-10-4-6-17(30)5-2-1-3-9-24-20(31)7-8-21(24)32;1-5-3(2-8)4(6)7/h19-22,24-25,28,30-34H,2-17H2,1H3,(H,38,39);7-8,18-19,22-23,25-29H,1-6,9-16H2;3,5,8H,2H2,1H3,(H,6,7). The highest BCUT2D eigenvalue weighted by Crippen LogP contribution is 2.26. The molecule has 2 aliphatic heterocycles. The summed E-state index contributed by atoms with van der Waals surface area (Å²) in [4.78, 5) is 95.5. The number of aliphatic hydroxyl groups excluding tert-OH is 10. The maximum atomic E-state index is 12.6. The maximum absolute atomic E-state index is 12.6. The molecule has 0 radical (unpaired) electrons. The molecular formula is C54H96N4O28S2. The van der Waals surface area contributed by atoms with E-state index in [1.165, 1.54) is 29.0 Å². The van der Waals surface area contributed by atoms with E-state index in [-0.39, 0.29) is 93.2 Å². The second-order valence-corrected chi connectivity index (χ2v) is 21.1. The van der Waals surface area contributed by atoms with Gasteiger partial charge in [0.15, 0.2) is 25.2 Å². The van der Waals surface area contributed by atoms with Crippen molar-refractivity contribution in [2.75, 3.05) is 131 Å². The smallest absolute Gasteiger partial charge is 0.321 e. The van der Waals surface area contributed by atoms with E-state index >= 15 is 0 Å². The highest BCUT2D eigenvalue weighted by atomic mass is 32.2. The van der Waals surface area contributed by atoms with Gasteiger partial charge in [-0.05, 0) is 52.6 Å². The molecule has 2 rings (SSSR count). The van der Waals surface area contributed by atoms with Crippen LogP contribution in [-0.4, -0.2) is 316 Å². The Morgan fingerprint density at radius 3 is 1.22 bits per heavy atom. The lowest BCUT2D eigenvalue weighted by Crippen LogP contribution is -2.37. The van der Waals surface area contributed by atoms with Crippen molar-refractivity contribution < 1.29 is 138 Å². The van der Waals surface area contributed by atoms with Crippen LogP contribution >= 0.6 is 24.4 Å². The van der Waals surface area contributed by atoms with Gasteiger partial charge in [-0.25, -0.2) is 0 Å². The SMILES string of the molecule is CNC(CS)C(=O)O.CNC(CSC1CC(=O)N(CCCCCC(=O)CCCOC(CO)OC(CO)COC(CO)OC(CO)CO)C1=O)C(=O)O.O=C(CCCCCN1C(=O)C=CC1=O)CCCOC(CO)OC(CO)COC(CO)OC(CO)CO. The molecule has 2 heterocycles. The predicted octanol–water partition coefficient (Wildman–Crippen LogP) is -4.33. The Labute approximate surface area is 521 Å². The molecule has 0 aliphatic carbocycles. The first-order valence-electron chi connectivity index (χ1n) is 28.8. The lowest BCUT2D eigenvalue weighted by molar-refractivity contribution is -0.240. The number of aliphatic hydroxyl groups is 10. The molecule has 1 fully saturated rings. The highest BCUT2D eigenvalue weighted by molar-refractivity contribution is 8.00. The van der Waals surface area contributed by atoms with Crippen LogP contribution in [0.1, 0.15) is 83.5 Å². The number of Topliss-reactive ketones (excluding diaryl/α,β-unsaturated/α-hetero) is 2. The van der Waals surface area contributed by atoms with E-state index < -0.39 is 145 Å². The third-order valence-electron chi connectivity index (χ3n) is 12.7. The minimum Gasteiger partial charge on any atom is -0.480 e. The summed E-state index contributed by atoms with van der Waals surface area (Å²) in [5.41, 5.74) is 0. The van der Waals surface area contributed by atoms with E-state index in [1.807, 2.05) is 0 Å². The molecule has 2 aliphatic rings. The number of carboxylic acids is 2. The third-order valence-corrected chi connectivity index (χ3v) is 14.3. The van der Waals surface area contributed by atoms with E-state index in [9.17, 15) is 69.0 Å². The van der Waals surface area contributed by atoms with Crippen LogP contribution in [0.4, 0.5) is 0 Å². The van der Waals surface area contributed by atoms with Crippen LogP contribution in [0.25, 0.3) is 0 Å². The molecule has 0 spiro atoms. The van der Waals surface area contributed by atoms with Gasteiger partial charge in [-0.15, -0.1) is 11.8 Å². The van der Waals surface area contributed by atoms with Crippen LogP contribution in [0.15, 0.2) is 12.2 Å². The van der Waals surface area contributed by atoms with Crippen molar-refractivity contribution in [3.63, 3.8) is 0 Å². The first kappa shape index (κ1) is 84.2. The minimum atomic E-state index is -1.18. The Hall–Kier alpha value is -3.80. The van der Waals surface area contributed by atoms with Crippen molar-refractivity contribution in [2.45, 2.75) is 150 Å². The van der Waals surface area contributed by atoms with Gasteiger partial charge in [-0.1, -0.05) is 12.8 Å². The fraction of sp³-hybridized carbons (Fsp3) is 0.815. The zero-order chi connectivity index (χ0) is 66.2. The van der Waals surface area contributed by atoms with Crippen molar-refractivity contribution >= 4 is 71.5 Å². The number of likely N-dealkylation sites (N-methyl/N-ethyl adjacent to an activating group) is 2. The van der Waals surface area contributed by atoms with Gasteiger partial charge in [0.05, 0.1) is 97.7 Å². The number of nitrogens with one attached hydrogen (secondary N) is 2. The molecule has 34 heteroatoms. The van der Waals surface area contributed by atoms with Gasteiger partial charge >= 0.3 is 11.9 Å². The fourth-order valence-electron chi connectivity index (χ4n) is 7.59. The van der Waals surface area contributed by atoms with Gasteiger partial charge in [-0.2, -0.15) is 12.6 Å². The molecule has 88 heavy (non-hydrogen) atoms. The van der Waals surface area contributed by atoms with Crippen LogP contribution < -0.4 is 10.6 Å². The number of hydrogen-bond acceptors (Lipinski definition) is 30. The second kappa shape index (κ2) is 52.8. The largest absolute Gasteiger partial charge is 0.480 e. The molecule has 14 N–H and O–H groups in total. The fourth-order valence-corrected chi connectivity index (χ4v) is 9.20. The van der Waals surface area contributed by atoms with E-state index in [4.69, 9.17) is 68.5 Å². The summed E-state index contributed by atoms with van der Waals surface area (Å²) in [5, 5.41) is 115. The van der Waals surface area contributed by atoms with Crippen molar-refractivity contribution in [3.05, 3.63) is 12.2 Å². The zero-order valence-corrected chi connectivity index (χ0v) is 51.8. The highest BCUT2D eigenvalue weighted by Gasteiger charge is 2.39. The Bertz CT molecular complexity index is 1940. The van der Waals surface area contributed by atoms with Gasteiger partial charge in [0.25, 0.3) is 11.8 Å². The molecule has 32 nitrogen and oxygen atoms in total. The number of thioether (sulfide) groups is 1. The van der Waals surface area contributed by atoms with E-state index in [2.05, 4.69) is 23.3 Å². The number of rotatable bonds is 54.